The smallest absolute Gasteiger partial charge is 0.320 e. The molecule has 0 amide bonds. The molecular formula is C9H9F2NO4S. The van der Waals surface area contributed by atoms with Crippen molar-refractivity contribution in [2.45, 2.75) is 4.90 Å². The van der Waals surface area contributed by atoms with Crippen LogP contribution in [0.2, 0.25) is 0 Å². The van der Waals surface area contributed by atoms with E-state index in [0.29, 0.717) is 12.1 Å². The molecule has 0 aliphatic heterocycles. The summed E-state index contributed by atoms with van der Waals surface area (Å²) < 4.78 is 54.5. The number of rotatable bonds is 4. The average molecular weight is 265 g/mol. The second-order valence-corrected chi connectivity index (χ2v) is 4.74. The third-order valence-electron chi connectivity index (χ3n) is 1.84. The maximum absolute atomic E-state index is 12.8. The Bertz CT molecular complexity index is 530. The average Bonchev–Trinajstić information content (AvgIpc) is 2.29. The lowest BCUT2D eigenvalue weighted by Crippen LogP contribution is -2.30. The highest BCUT2D eigenvalue weighted by Gasteiger charge is 2.17. The van der Waals surface area contributed by atoms with Gasteiger partial charge in [0.15, 0.2) is 11.6 Å². The van der Waals surface area contributed by atoms with Crippen molar-refractivity contribution in [3.63, 3.8) is 0 Å². The van der Waals surface area contributed by atoms with Crippen molar-refractivity contribution in [3.8, 4) is 0 Å². The van der Waals surface area contributed by atoms with Crippen LogP contribution in [0.5, 0.6) is 0 Å². The third kappa shape index (κ3) is 3.46. The molecule has 0 aromatic heterocycles. The summed E-state index contributed by atoms with van der Waals surface area (Å²) in [7, 11) is -2.97. The Labute approximate surface area is 96.4 Å². The molecule has 0 fully saturated rings. The van der Waals surface area contributed by atoms with Crippen LogP contribution >= 0.6 is 0 Å². The molecule has 1 aromatic rings. The summed E-state index contributed by atoms with van der Waals surface area (Å²) in [5.74, 6) is -3.24. The summed E-state index contributed by atoms with van der Waals surface area (Å²) in [5.41, 5.74) is 0. The highest BCUT2D eigenvalue weighted by molar-refractivity contribution is 7.89. The first-order chi connectivity index (χ1) is 7.86. The Morgan fingerprint density at radius 3 is 2.53 bits per heavy atom. The zero-order valence-electron chi connectivity index (χ0n) is 8.74. The van der Waals surface area contributed by atoms with Crippen molar-refractivity contribution in [1.29, 1.82) is 0 Å². The minimum absolute atomic E-state index is 0.472. The Kier molecular flexibility index (Phi) is 4.13. The van der Waals surface area contributed by atoms with Crippen LogP contribution in [-0.2, 0) is 19.6 Å². The quantitative estimate of drug-likeness (QED) is 0.801. The summed E-state index contributed by atoms with van der Waals surface area (Å²) in [6, 6.07) is 2.09. The van der Waals surface area contributed by atoms with Crippen molar-refractivity contribution in [3.05, 3.63) is 29.8 Å². The normalized spacial score (nSPS) is 11.2. The van der Waals surface area contributed by atoms with Gasteiger partial charge in [0.25, 0.3) is 0 Å². The first-order valence-electron chi connectivity index (χ1n) is 4.38. The fourth-order valence-electron chi connectivity index (χ4n) is 0.953. The van der Waals surface area contributed by atoms with E-state index in [1.165, 1.54) is 0 Å². The van der Waals surface area contributed by atoms with Gasteiger partial charge in [-0.3, -0.25) is 4.79 Å². The lowest BCUT2D eigenvalue weighted by molar-refractivity contribution is -0.139. The van der Waals surface area contributed by atoms with Gasteiger partial charge in [0.05, 0.1) is 12.0 Å². The van der Waals surface area contributed by atoms with Gasteiger partial charge in [-0.15, -0.1) is 0 Å². The fraction of sp³-hybridized carbons (Fsp3) is 0.222. The van der Waals surface area contributed by atoms with Gasteiger partial charge in [-0.05, 0) is 18.2 Å². The summed E-state index contributed by atoms with van der Waals surface area (Å²) in [6.07, 6.45) is 0. The number of carbonyl (C=O) groups is 1. The van der Waals surface area contributed by atoms with E-state index in [-0.39, 0.29) is 0 Å². The topological polar surface area (TPSA) is 72.5 Å². The molecular weight excluding hydrogens is 256 g/mol. The Hall–Kier alpha value is -1.54. The molecule has 1 aromatic carbocycles. The molecule has 0 aliphatic carbocycles. The molecule has 1 rings (SSSR count). The number of methoxy groups -OCH3 is 1. The molecule has 94 valence electrons. The monoisotopic (exact) mass is 265 g/mol. The standard InChI is InChI=1S/C9H9F2NO4S/c1-16-9(13)5-12-17(14,15)6-2-3-7(10)8(11)4-6/h2-4,12H,5H2,1H3. The summed E-state index contributed by atoms with van der Waals surface area (Å²) in [5, 5.41) is 0. The zero-order valence-corrected chi connectivity index (χ0v) is 9.55. The van der Waals surface area contributed by atoms with Crippen molar-refractivity contribution < 1.29 is 26.7 Å². The van der Waals surface area contributed by atoms with Crippen LogP contribution in [0.3, 0.4) is 0 Å². The molecule has 0 radical (unpaired) electrons. The predicted molar refractivity (Wildman–Crippen MR) is 53.6 cm³/mol. The highest BCUT2D eigenvalue weighted by atomic mass is 32.2. The molecule has 0 saturated heterocycles. The lowest BCUT2D eigenvalue weighted by Gasteiger charge is -2.05. The lowest BCUT2D eigenvalue weighted by atomic mass is 10.3. The van der Waals surface area contributed by atoms with Crippen LogP contribution in [0, 0.1) is 11.6 Å². The van der Waals surface area contributed by atoms with Gasteiger partial charge >= 0.3 is 5.97 Å². The number of hydrogen-bond donors (Lipinski definition) is 1. The minimum Gasteiger partial charge on any atom is -0.468 e. The number of ether oxygens (including phenoxy) is 1. The van der Waals surface area contributed by atoms with E-state index in [9.17, 15) is 22.0 Å². The van der Waals surface area contributed by atoms with E-state index in [4.69, 9.17) is 0 Å². The molecule has 8 heteroatoms. The third-order valence-corrected chi connectivity index (χ3v) is 3.23. The number of nitrogens with one attached hydrogen (secondary N) is 1. The molecule has 0 unspecified atom stereocenters. The predicted octanol–water partition coefficient (Wildman–Crippen LogP) is 0.416. The second kappa shape index (κ2) is 5.19. The Balaban J connectivity index is 2.90. The van der Waals surface area contributed by atoms with Crippen molar-refractivity contribution in [2.75, 3.05) is 13.7 Å². The van der Waals surface area contributed by atoms with Crippen molar-refractivity contribution in [1.82, 2.24) is 4.72 Å². The van der Waals surface area contributed by atoms with Crippen LogP contribution in [0.25, 0.3) is 0 Å². The highest BCUT2D eigenvalue weighted by Crippen LogP contribution is 2.13. The maximum Gasteiger partial charge on any atom is 0.320 e. The molecule has 0 atom stereocenters. The SMILES string of the molecule is COC(=O)CNS(=O)(=O)c1ccc(F)c(F)c1. The van der Waals surface area contributed by atoms with Crippen LogP contribution < -0.4 is 4.72 Å². The van der Waals surface area contributed by atoms with E-state index in [0.717, 1.165) is 13.2 Å². The second-order valence-electron chi connectivity index (χ2n) is 2.98. The van der Waals surface area contributed by atoms with E-state index in [1.54, 1.807) is 0 Å². The van der Waals surface area contributed by atoms with Crippen LogP contribution in [0.4, 0.5) is 8.78 Å². The minimum atomic E-state index is -4.06. The van der Waals surface area contributed by atoms with E-state index < -0.39 is 39.1 Å². The summed E-state index contributed by atoms with van der Waals surface area (Å²) in [6.45, 7) is -0.585. The van der Waals surface area contributed by atoms with Crippen LogP contribution in [0.1, 0.15) is 0 Å². The fourth-order valence-corrected chi connectivity index (χ4v) is 1.93. The van der Waals surface area contributed by atoms with Gasteiger partial charge in [-0.25, -0.2) is 17.2 Å². The van der Waals surface area contributed by atoms with E-state index >= 15 is 0 Å². The molecule has 17 heavy (non-hydrogen) atoms. The Morgan fingerprint density at radius 1 is 1.35 bits per heavy atom. The number of carbonyl (C=O) groups excluding carboxylic acids is 1. The molecule has 5 nitrogen and oxygen atoms in total. The number of halogens is 2. The summed E-state index contributed by atoms with van der Waals surface area (Å²) in [4.78, 5) is 10.3. The molecule has 0 spiro atoms. The van der Waals surface area contributed by atoms with Crippen LogP contribution in [-0.4, -0.2) is 28.0 Å². The number of hydrogen-bond acceptors (Lipinski definition) is 4. The molecule has 0 aliphatic rings. The molecule has 0 saturated carbocycles. The van der Waals surface area contributed by atoms with Gasteiger partial charge in [-0.2, -0.15) is 4.72 Å². The maximum atomic E-state index is 12.8. The van der Waals surface area contributed by atoms with Gasteiger partial charge < -0.3 is 4.74 Å². The Morgan fingerprint density at radius 2 is 2.00 bits per heavy atom. The van der Waals surface area contributed by atoms with Crippen LogP contribution in [0.15, 0.2) is 23.1 Å². The van der Waals surface area contributed by atoms with Gasteiger partial charge in [0.1, 0.15) is 6.54 Å². The van der Waals surface area contributed by atoms with Gasteiger partial charge in [-0.1, -0.05) is 0 Å². The van der Waals surface area contributed by atoms with Crippen molar-refractivity contribution in [2.24, 2.45) is 0 Å². The first kappa shape index (κ1) is 13.5. The van der Waals surface area contributed by atoms with Gasteiger partial charge in [0.2, 0.25) is 10.0 Å². The zero-order chi connectivity index (χ0) is 13.1. The van der Waals surface area contributed by atoms with Gasteiger partial charge in [0, 0.05) is 0 Å². The molecule has 1 N–H and O–H groups in total. The summed E-state index contributed by atoms with van der Waals surface area (Å²) >= 11 is 0. The molecule has 0 heterocycles. The van der Waals surface area contributed by atoms with E-state index in [2.05, 4.69) is 4.74 Å². The number of sulfonamides is 1. The first-order valence-corrected chi connectivity index (χ1v) is 5.86. The number of esters is 1. The molecule has 0 bridgehead atoms. The number of benzene rings is 1. The van der Waals surface area contributed by atoms with E-state index in [1.807, 2.05) is 4.72 Å². The van der Waals surface area contributed by atoms with Crippen molar-refractivity contribution >= 4 is 16.0 Å². The largest absolute Gasteiger partial charge is 0.468 e.